The van der Waals surface area contributed by atoms with Crippen molar-refractivity contribution in [3.05, 3.63) is 59.5 Å². The number of piperidine rings is 1. The first-order valence-electron chi connectivity index (χ1n) is 13.6. The van der Waals surface area contributed by atoms with E-state index in [0.29, 0.717) is 42.2 Å². The number of halogens is 3. The number of methoxy groups -OCH3 is 1. The Morgan fingerprint density at radius 2 is 1.90 bits per heavy atom. The molecular weight excluding hydrogens is 585 g/mol. The summed E-state index contributed by atoms with van der Waals surface area (Å²) >= 11 is 1.47. The quantitative estimate of drug-likeness (QED) is 0.211. The highest BCUT2D eigenvalue weighted by Crippen LogP contribution is 2.38. The van der Waals surface area contributed by atoms with Crippen molar-refractivity contribution < 1.29 is 26.3 Å². The molecule has 5 rings (SSSR count). The molecule has 0 spiro atoms. The Balaban J connectivity index is 1.44. The maximum atomic E-state index is 14.8. The van der Waals surface area contributed by atoms with Crippen molar-refractivity contribution in [3.8, 4) is 16.3 Å². The first kappa shape index (κ1) is 30.2. The van der Waals surface area contributed by atoms with Crippen LogP contribution in [0.25, 0.3) is 21.5 Å². The maximum Gasteiger partial charge on any atom is 0.262 e. The topological polar surface area (TPSA) is 75.6 Å². The van der Waals surface area contributed by atoms with Crippen LogP contribution in [-0.4, -0.2) is 69.5 Å². The lowest BCUT2D eigenvalue weighted by Gasteiger charge is -2.33. The molecule has 226 valence electrons. The molecule has 3 heterocycles. The number of benzene rings is 2. The number of rotatable bonds is 10. The van der Waals surface area contributed by atoms with Crippen LogP contribution in [0.4, 0.5) is 24.5 Å². The molecule has 2 aromatic carbocycles. The van der Waals surface area contributed by atoms with Crippen molar-refractivity contribution in [2.24, 2.45) is 0 Å². The van der Waals surface area contributed by atoms with Gasteiger partial charge in [0.25, 0.3) is 5.92 Å². The normalized spacial score (nSPS) is 18.4. The summed E-state index contributed by atoms with van der Waals surface area (Å²) in [5.41, 5.74) is 2.68. The van der Waals surface area contributed by atoms with Gasteiger partial charge in [0, 0.05) is 54.8 Å². The SMILES string of the molecule is COc1cc(S(C)(=O)=O)ccc1NCc1ccc(-c2cc3c(N[C@H]4CCN(C)C[C@H]4F)cccc3n2CC(C)(F)F)s1. The van der Waals surface area contributed by atoms with Gasteiger partial charge < -0.3 is 24.8 Å². The largest absolute Gasteiger partial charge is 0.495 e. The van der Waals surface area contributed by atoms with Crippen molar-refractivity contribution in [2.75, 3.05) is 44.1 Å². The number of hydrogen-bond acceptors (Lipinski definition) is 7. The van der Waals surface area contributed by atoms with Gasteiger partial charge in [0.15, 0.2) is 9.84 Å². The van der Waals surface area contributed by atoms with Crippen LogP contribution in [0, 0.1) is 0 Å². The van der Waals surface area contributed by atoms with Crippen LogP contribution >= 0.6 is 11.3 Å². The van der Waals surface area contributed by atoms with Crippen molar-refractivity contribution in [1.29, 1.82) is 0 Å². The van der Waals surface area contributed by atoms with E-state index in [0.717, 1.165) is 40.6 Å². The fraction of sp³-hybridized carbons (Fsp3) is 0.400. The third-order valence-electron chi connectivity index (χ3n) is 7.44. The third kappa shape index (κ3) is 6.71. The van der Waals surface area contributed by atoms with E-state index in [1.807, 2.05) is 48.3 Å². The average Bonchev–Trinajstić information content (AvgIpc) is 3.53. The van der Waals surface area contributed by atoms with Gasteiger partial charge in [-0.25, -0.2) is 21.6 Å². The molecule has 1 aliphatic rings. The van der Waals surface area contributed by atoms with E-state index in [2.05, 4.69) is 10.6 Å². The number of hydrogen-bond donors (Lipinski definition) is 2. The van der Waals surface area contributed by atoms with Crippen LogP contribution in [-0.2, 0) is 22.9 Å². The van der Waals surface area contributed by atoms with Crippen molar-refractivity contribution >= 4 is 43.5 Å². The maximum absolute atomic E-state index is 14.8. The second kappa shape index (κ2) is 11.8. The summed E-state index contributed by atoms with van der Waals surface area (Å²) in [5, 5.41) is 7.41. The molecule has 7 nitrogen and oxygen atoms in total. The number of thiophene rings is 1. The molecule has 2 atom stereocenters. The standard InChI is InChI=1S/C30H35F3N4O3S2/c1-30(32,33)18-37-26-7-5-6-23(35-24-12-13-36(2)17-22(24)31)21(26)15-27(37)29-11-8-19(41-29)16-34-25-10-9-20(42(4,38)39)14-28(25)40-3/h5-11,14-15,22,24,34-35H,12-13,16-18H2,1-4H3/t22-,24+/m1/s1. The lowest BCUT2D eigenvalue weighted by molar-refractivity contribution is 0.00550. The van der Waals surface area contributed by atoms with Crippen molar-refractivity contribution in [3.63, 3.8) is 0 Å². The van der Waals surface area contributed by atoms with Gasteiger partial charge in [-0.15, -0.1) is 11.3 Å². The number of sulfone groups is 1. The minimum Gasteiger partial charge on any atom is -0.495 e. The van der Waals surface area contributed by atoms with E-state index >= 15 is 0 Å². The van der Waals surface area contributed by atoms with Crippen LogP contribution in [0.15, 0.2) is 59.5 Å². The molecule has 0 saturated carbocycles. The van der Waals surface area contributed by atoms with Crippen LogP contribution in [0.1, 0.15) is 18.2 Å². The van der Waals surface area contributed by atoms with Gasteiger partial charge in [-0.05, 0) is 55.9 Å². The van der Waals surface area contributed by atoms with Crippen molar-refractivity contribution in [2.45, 2.75) is 49.5 Å². The molecule has 0 amide bonds. The van der Waals surface area contributed by atoms with Gasteiger partial charge in [-0.2, -0.15) is 0 Å². The first-order chi connectivity index (χ1) is 19.8. The zero-order valence-corrected chi connectivity index (χ0v) is 25.6. The summed E-state index contributed by atoms with van der Waals surface area (Å²) in [6.07, 6.45) is 0.757. The number of likely N-dealkylation sites (tertiary alicyclic amines) is 1. The van der Waals surface area contributed by atoms with Gasteiger partial charge in [-0.3, -0.25) is 0 Å². The minimum atomic E-state index is -3.38. The Morgan fingerprint density at radius 1 is 1.12 bits per heavy atom. The number of nitrogens with zero attached hydrogens (tertiary/aromatic N) is 2. The number of alkyl halides is 3. The van der Waals surface area contributed by atoms with Gasteiger partial charge in [0.1, 0.15) is 11.9 Å². The van der Waals surface area contributed by atoms with E-state index in [4.69, 9.17) is 4.74 Å². The Hall–Kier alpha value is -3.22. The molecule has 0 bridgehead atoms. The Kier molecular flexibility index (Phi) is 8.51. The van der Waals surface area contributed by atoms with E-state index in [1.165, 1.54) is 30.6 Å². The van der Waals surface area contributed by atoms with Crippen LogP contribution < -0.4 is 15.4 Å². The molecule has 2 aromatic heterocycles. The zero-order valence-electron chi connectivity index (χ0n) is 24.0. The molecule has 42 heavy (non-hydrogen) atoms. The van der Waals surface area contributed by atoms with Crippen LogP contribution in [0.3, 0.4) is 0 Å². The monoisotopic (exact) mass is 620 g/mol. The Labute approximate surface area is 248 Å². The number of anilines is 2. The van der Waals surface area contributed by atoms with Gasteiger partial charge >= 0.3 is 0 Å². The lowest BCUT2D eigenvalue weighted by Crippen LogP contribution is -2.46. The van der Waals surface area contributed by atoms with Crippen LogP contribution in [0.2, 0.25) is 0 Å². The van der Waals surface area contributed by atoms with Gasteiger partial charge in [-0.1, -0.05) is 6.07 Å². The Bertz CT molecular complexity index is 1680. The molecule has 1 saturated heterocycles. The Morgan fingerprint density at radius 3 is 2.60 bits per heavy atom. The highest BCUT2D eigenvalue weighted by molar-refractivity contribution is 7.90. The van der Waals surface area contributed by atoms with Crippen molar-refractivity contribution in [1.82, 2.24) is 9.47 Å². The van der Waals surface area contributed by atoms with E-state index in [1.54, 1.807) is 10.6 Å². The van der Waals surface area contributed by atoms with E-state index in [-0.39, 0.29) is 10.9 Å². The molecule has 1 fully saturated rings. The summed E-state index contributed by atoms with van der Waals surface area (Å²) < 4.78 is 74.5. The number of aromatic nitrogens is 1. The molecule has 4 aromatic rings. The molecule has 0 unspecified atom stereocenters. The fourth-order valence-electron chi connectivity index (χ4n) is 5.32. The minimum absolute atomic E-state index is 0.163. The highest BCUT2D eigenvalue weighted by Gasteiger charge is 2.29. The van der Waals surface area contributed by atoms with Gasteiger partial charge in [0.05, 0.1) is 46.4 Å². The first-order valence-corrected chi connectivity index (χ1v) is 16.3. The smallest absolute Gasteiger partial charge is 0.262 e. The number of nitrogens with one attached hydrogen (secondary N) is 2. The predicted molar refractivity (Wildman–Crippen MR) is 164 cm³/mol. The summed E-state index contributed by atoms with van der Waals surface area (Å²) in [7, 11) is -0.00453. The van der Waals surface area contributed by atoms with Crippen LogP contribution in [0.5, 0.6) is 5.75 Å². The summed E-state index contributed by atoms with van der Waals surface area (Å²) in [6.45, 7) is 1.96. The summed E-state index contributed by atoms with van der Waals surface area (Å²) in [5.74, 6) is -2.54. The average molecular weight is 621 g/mol. The second-order valence-electron chi connectivity index (χ2n) is 11.0. The third-order valence-corrected chi connectivity index (χ3v) is 9.65. The predicted octanol–water partition coefficient (Wildman–Crippen LogP) is 6.50. The molecule has 0 aliphatic carbocycles. The zero-order chi connectivity index (χ0) is 30.2. The number of fused-ring (bicyclic) bond motifs is 1. The molecule has 12 heteroatoms. The summed E-state index contributed by atoms with van der Waals surface area (Å²) in [6, 6.07) is 15.6. The lowest BCUT2D eigenvalue weighted by atomic mass is 10.0. The van der Waals surface area contributed by atoms with E-state index in [9.17, 15) is 21.6 Å². The molecule has 2 N–H and O–H groups in total. The molecule has 1 aliphatic heterocycles. The van der Waals surface area contributed by atoms with E-state index < -0.39 is 28.5 Å². The molecular formula is C30H35F3N4O3S2. The second-order valence-corrected chi connectivity index (χ2v) is 14.2. The van der Waals surface area contributed by atoms with Gasteiger partial charge in [0.2, 0.25) is 0 Å². The number of ether oxygens (including phenoxy) is 1. The highest BCUT2D eigenvalue weighted by atomic mass is 32.2. The fourth-order valence-corrected chi connectivity index (χ4v) is 6.93. The molecule has 0 radical (unpaired) electrons. The summed E-state index contributed by atoms with van der Waals surface area (Å²) in [4.78, 5) is 3.89.